The first-order valence-corrected chi connectivity index (χ1v) is 11.9. The lowest BCUT2D eigenvalue weighted by molar-refractivity contribution is -0.122. The Bertz CT molecular complexity index is 1570. The van der Waals surface area contributed by atoms with E-state index in [4.69, 9.17) is 28.6 Å². The van der Waals surface area contributed by atoms with E-state index in [2.05, 4.69) is 4.98 Å². The van der Waals surface area contributed by atoms with Gasteiger partial charge in [0.25, 0.3) is 11.5 Å². The SMILES string of the molecule is O=C1/C(=C\c2c(Oc3ccc(F)cc3)nc3ccccn3c2=O)SC(=S)N1Cc1ccccc1Cl. The fourth-order valence-corrected chi connectivity index (χ4v) is 4.89. The molecule has 10 heteroatoms. The standard InChI is InChI=1S/C25H15ClFN3O3S2/c26-19-6-2-1-5-15(19)14-30-24(32)20(35-25(30)34)13-18-22(33-17-10-8-16(27)9-11-17)28-21-7-3-4-12-29(21)23(18)31/h1-13H,14H2/b20-13+. The number of carbonyl (C=O) groups excluding carboxylic acids is 1. The second-order valence-electron chi connectivity index (χ2n) is 7.48. The number of hydrogen-bond donors (Lipinski definition) is 0. The van der Waals surface area contributed by atoms with Crippen molar-refractivity contribution in [3.8, 4) is 11.6 Å². The highest BCUT2D eigenvalue weighted by Gasteiger charge is 2.33. The van der Waals surface area contributed by atoms with Crippen LogP contribution in [0.25, 0.3) is 11.7 Å². The molecule has 6 nitrogen and oxygen atoms in total. The van der Waals surface area contributed by atoms with Gasteiger partial charge in [-0.1, -0.05) is 59.8 Å². The van der Waals surface area contributed by atoms with Gasteiger partial charge in [-0.05, 0) is 54.1 Å². The second kappa shape index (κ2) is 9.61. The number of nitrogens with zero attached hydrogens (tertiary/aromatic N) is 3. The highest BCUT2D eigenvalue weighted by molar-refractivity contribution is 8.26. The number of thioether (sulfide) groups is 1. The maximum absolute atomic E-state index is 13.3. The van der Waals surface area contributed by atoms with Crippen LogP contribution in [-0.2, 0) is 11.3 Å². The molecule has 0 atom stereocenters. The lowest BCUT2D eigenvalue weighted by atomic mass is 10.2. The van der Waals surface area contributed by atoms with Gasteiger partial charge in [-0.2, -0.15) is 4.98 Å². The molecular formula is C25H15ClFN3O3S2. The van der Waals surface area contributed by atoms with Crippen LogP contribution in [0, 0.1) is 5.82 Å². The van der Waals surface area contributed by atoms with E-state index in [9.17, 15) is 14.0 Å². The topological polar surface area (TPSA) is 63.9 Å². The Hall–Kier alpha value is -3.53. The predicted molar refractivity (Wildman–Crippen MR) is 138 cm³/mol. The number of amides is 1. The third-order valence-corrected chi connectivity index (χ3v) is 6.94. The van der Waals surface area contributed by atoms with Gasteiger partial charge in [0.1, 0.15) is 27.1 Å². The fraction of sp³-hybridized carbons (Fsp3) is 0.0400. The molecule has 1 aliphatic heterocycles. The summed E-state index contributed by atoms with van der Waals surface area (Å²) in [6, 6.07) is 17.6. The third-order valence-electron chi connectivity index (χ3n) is 5.20. The molecule has 0 radical (unpaired) electrons. The molecule has 1 amide bonds. The Morgan fingerprint density at radius 1 is 1.06 bits per heavy atom. The number of benzene rings is 2. The monoisotopic (exact) mass is 523 g/mol. The highest BCUT2D eigenvalue weighted by atomic mass is 35.5. The van der Waals surface area contributed by atoms with Crippen LogP contribution in [0.4, 0.5) is 4.39 Å². The van der Waals surface area contributed by atoms with Crippen LogP contribution in [0.1, 0.15) is 11.1 Å². The molecule has 0 bridgehead atoms. The van der Waals surface area contributed by atoms with Gasteiger partial charge in [0.2, 0.25) is 5.88 Å². The smallest absolute Gasteiger partial charge is 0.269 e. The lowest BCUT2D eigenvalue weighted by Gasteiger charge is -2.15. The minimum absolute atomic E-state index is 0.0100. The van der Waals surface area contributed by atoms with Gasteiger partial charge in [-0.15, -0.1) is 0 Å². The Morgan fingerprint density at radius 2 is 1.80 bits per heavy atom. The van der Waals surface area contributed by atoms with E-state index >= 15 is 0 Å². The lowest BCUT2D eigenvalue weighted by Crippen LogP contribution is -2.27. The van der Waals surface area contributed by atoms with Crippen molar-refractivity contribution in [3.63, 3.8) is 0 Å². The van der Waals surface area contributed by atoms with Crippen molar-refractivity contribution in [2.24, 2.45) is 0 Å². The number of rotatable bonds is 5. The average molecular weight is 524 g/mol. The summed E-state index contributed by atoms with van der Waals surface area (Å²) in [5.74, 6) is -0.500. The van der Waals surface area contributed by atoms with Crippen molar-refractivity contribution in [1.29, 1.82) is 0 Å². The number of halogens is 2. The van der Waals surface area contributed by atoms with Crippen LogP contribution in [0.5, 0.6) is 11.6 Å². The predicted octanol–water partition coefficient (Wildman–Crippen LogP) is 5.68. The Morgan fingerprint density at radius 3 is 2.57 bits per heavy atom. The summed E-state index contributed by atoms with van der Waals surface area (Å²) < 4.78 is 20.9. The van der Waals surface area contributed by atoms with Gasteiger partial charge < -0.3 is 4.74 Å². The van der Waals surface area contributed by atoms with E-state index < -0.39 is 11.4 Å². The Kier molecular flexibility index (Phi) is 6.38. The average Bonchev–Trinajstić information content (AvgIpc) is 3.11. The quantitative estimate of drug-likeness (QED) is 0.248. The number of pyridine rings is 1. The molecule has 1 aliphatic rings. The van der Waals surface area contributed by atoms with Crippen LogP contribution in [0.2, 0.25) is 5.02 Å². The van der Waals surface area contributed by atoms with Gasteiger partial charge in [0, 0.05) is 11.2 Å². The zero-order valence-electron chi connectivity index (χ0n) is 17.9. The van der Waals surface area contributed by atoms with Crippen molar-refractivity contribution in [2.75, 3.05) is 0 Å². The van der Waals surface area contributed by atoms with E-state index in [1.165, 1.54) is 39.6 Å². The zero-order chi connectivity index (χ0) is 24.5. The van der Waals surface area contributed by atoms with Gasteiger partial charge in [0.15, 0.2) is 0 Å². The van der Waals surface area contributed by atoms with Crippen molar-refractivity contribution in [2.45, 2.75) is 6.54 Å². The summed E-state index contributed by atoms with van der Waals surface area (Å²) in [5.41, 5.74) is 0.748. The molecule has 174 valence electrons. The van der Waals surface area contributed by atoms with Gasteiger partial charge in [-0.25, -0.2) is 4.39 Å². The summed E-state index contributed by atoms with van der Waals surface area (Å²) >= 11 is 12.8. The third kappa shape index (κ3) is 4.70. The molecule has 35 heavy (non-hydrogen) atoms. The molecule has 0 saturated carbocycles. The maximum atomic E-state index is 13.3. The second-order valence-corrected chi connectivity index (χ2v) is 9.56. The number of thiocarbonyl (C=S) groups is 1. The van der Waals surface area contributed by atoms with E-state index in [0.29, 0.717) is 20.7 Å². The summed E-state index contributed by atoms with van der Waals surface area (Å²) in [4.78, 5) is 32.7. The van der Waals surface area contributed by atoms with Crippen LogP contribution >= 0.6 is 35.6 Å². The van der Waals surface area contributed by atoms with Crippen LogP contribution in [-0.4, -0.2) is 24.5 Å². The molecule has 1 fully saturated rings. The van der Waals surface area contributed by atoms with Crippen LogP contribution in [0.15, 0.2) is 82.6 Å². The first kappa shape index (κ1) is 23.2. The molecule has 4 aromatic rings. The summed E-state index contributed by atoms with van der Waals surface area (Å²) in [7, 11) is 0. The van der Waals surface area contributed by atoms with E-state index in [0.717, 1.165) is 17.3 Å². The maximum Gasteiger partial charge on any atom is 0.269 e. The number of carbonyl (C=O) groups is 1. The highest BCUT2D eigenvalue weighted by Crippen LogP contribution is 2.35. The molecule has 0 N–H and O–H groups in total. The van der Waals surface area contributed by atoms with E-state index in [1.54, 1.807) is 36.5 Å². The van der Waals surface area contributed by atoms with Gasteiger partial charge in [0.05, 0.1) is 11.4 Å². The van der Waals surface area contributed by atoms with Crippen LogP contribution < -0.4 is 10.3 Å². The van der Waals surface area contributed by atoms with Crippen LogP contribution in [0.3, 0.4) is 0 Å². The Labute approximate surface area is 213 Å². The molecule has 0 spiro atoms. The molecule has 3 heterocycles. The fourth-order valence-electron chi connectivity index (χ4n) is 3.46. The molecular weight excluding hydrogens is 509 g/mol. The molecule has 0 unspecified atom stereocenters. The molecule has 2 aromatic heterocycles. The number of ether oxygens (including phenoxy) is 1. The molecule has 2 aromatic carbocycles. The normalized spacial score (nSPS) is 14.8. The number of hydrogen-bond acceptors (Lipinski definition) is 6. The van der Waals surface area contributed by atoms with Crippen molar-refractivity contribution >= 4 is 57.5 Å². The summed E-state index contributed by atoms with van der Waals surface area (Å²) in [6.07, 6.45) is 3.01. The molecule has 0 aliphatic carbocycles. The minimum atomic E-state index is -0.427. The Balaban J connectivity index is 1.56. The van der Waals surface area contributed by atoms with E-state index in [1.807, 2.05) is 12.1 Å². The summed E-state index contributed by atoms with van der Waals surface area (Å²) in [5, 5.41) is 0.525. The van der Waals surface area contributed by atoms with Crippen molar-refractivity contribution in [3.05, 3.63) is 110 Å². The van der Waals surface area contributed by atoms with Gasteiger partial charge >= 0.3 is 0 Å². The number of fused-ring (bicyclic) bond motifs is 1. The van der Waals surface area contributed by atoms with Crippen molar-refractivity contribution in [1.82, 2.24) is 14.3 Å². The van der Waals surface area contributed by atoms with Crippen molar-refractivity contribution < 1.29 is 13.9 Å². The van der Waals surface area contributed by atoms with E-state index in [-0.39, 0.29) is 28.8 Å². The molecule has 1 saturated heterocycles. The molecule has 5 rings (SSSR count). The summed E-state index contributed by atoms with van der Waals surface area (Å²) in [6.45, 7) is 0.204. The number of aromatic nitrogens is 2. The largest absolute Gasteiger partial charge is 0.438 e. The first-order valence-electron chi connectivity index (χ1n) is 10.3. The zero-order valence-corrected chi connectivity index (χ0v) is 20.2. The minimum Gasteiger partial charge on any atom is -0.438 e. The van der Waals surface area contributed by atoms with Gasteiger partial charge in [-0.3, -0.25) is 18.9 Å². The first-order chi connectivity index (χ1) is 16.9.